The highest BCUT2D eigenvalue weighted by atomic mass is 16.3. The molecule has 0 fully saturated rings. The van der Waals surface area contributed by atoms with E-state index in [9.17, 15) is 0 Å². The smallest absolute Gasteiger partial charge is 0.118 e. The summed E-state index contributed by atoms with van der Waals surface area (Å²) in [6.07, 6.45) is 0. The quantitative estimate of drug-likeness (QED) is 0.791. The van der Waals surface area contributed by atoms with Gasteiger partial charge in [-0.25, -0.2) is 0 Å². The minimum atomic E-state index is 0.799. The summed E-state index contributed by atoms with van der Waals surface area (Å²) in [5.41, 5.74) is 0. The van der Waals surface area contributed by atoms with Crippen molar-refractivity contribution in [2.75, 3.05) is 7.05 Å². The van der Waals surface area contributed by atoms with E-state index in [0.717, 1.165) is 36.1 Å². The van der Waals surface area contributed by atoms with Crippen LogP contribution in [0, 0.1) is 13.8 Å². The lowest BCUT2D eigenvalue weighted by Gasteiger charge is -2.12. The average molecular weight is 219 g/mol. The molecule has 0 aromatic carbocycles. The molecule has 0 saturated carbocycles. The normalized spacial score (nSPS) is 11.2. The Morgan fingerprint density at radius 3 is 1.62 bits per heavy atom. The first-order valence-corrected chi connectivity index (χ1v) is 5.42. The number of rotatable bonds is 4. The second kappa shape index (κ2) is 4.58. The Labute approximate surface area is 95.7 Å². The molecule has 0 saturated heterocycles. The molecule has 3 nitrogen and oxygen atoms in total. The molecule has 0 atom stereocenters. The molecule has 0 spiro atoms. The van der Waals surface area contributed by atoms with E-state index in [0.29, 0.717) is 0 Å². The van der Waals surface area contributed by atoms with Crippen LogP contribution in [0.1, 0.15) is 23.0 Å². The molecule has 0 aliphatic heterocycles. The molecular formula is C13H17NO2. The summed E-state index contributed by atoms with van der Waals surface area (Å²) in [7, 11) is 2.05. The summed E-state index contributed by atoms with van der Waals surface area (Å²) >= 11 is 0. The highest BCUT2D eigenvalue weighted by molar-refractivity contribution is 5.07. The van der Waals surface area contributed by atoms with E-state index in [4.69, 9.17) is 8.83 Å². The highest BCUT2D eigenvalue weighted by Crippen LogP contribution is 2.12. The molecule has 2 heterocycles. The maximum Gasteiger partial charge on any atom is 0.118 e. The number of hydrogen-bond donors (Lipinski definition) is 0. The van der Waals surface area contributed by atoms with Gasteiger partial charge in [-0.15, -0.1) is 0 Å². The lowest BCUT2D eigenvalue weighted by molar-refractivity contribution is 0.261. The number of hydrogen-bond acceptors (Lipinski definition) is 3. The van der Waals surface area contributed by atoms with Crippen molar-refractivity contribution in [1.29, 1.82) is 0 Å². The standard InChI is InChI=1S/C13H17NO2/c1-10-4-6-12(15-10)8-14(3)9-13-7-5-11(2)16-13/h4-7H,8-9H2,1-3H3. The van der Waals surface area contributed by atoms with Gasteiger partial charge in [-0.3, -0.25) is 4.90 Å². The van der Waals surface area contributed by atoms with Crippen molar-refractivity contribution in [2.24, 2.45) is 0 Å². The van der Waals surface area contributed by atoms with E-state index >= 15 is 0 Å². The van der Waals surface area contributed by atoms with Gasteiger partial charge in [0, 0.05) is 0 Å². The summed E-state index contributed by atoms with van der Waals surface area (Å²) in [6.45, 7) is 5.51. The summed E-state index contributed by atoms with van der Waals surface area (Å²) < 4.78 is 11.0. The molecule has 0 aliphatic carbocycles. The van der Waals surface area contributed by atoms with Gasteiger partial charge in [0.05, 0.1) is 13.1 Å². The first kappa shape index (κ1) is 11.0. The minimum absolute atomic E-state index is 0.799. The molecular weight excluding hydrogens is 202 g/mol. The Hall–Kier alpha value is -1.48. The fraction of sp³-hybridized carbons (Fsp3) is 0.385. The largest absolute Gasteiger partial charge is 0.465 e. The number of aryl methyl sites for hydroxylation is 2. The monoisotopic (exact) mass is 219 g/mol. The topological polar surface area (TPSA) is 29.5 Å². The van der Waals surface area contributed by atoms with E-state index in [1.54, 1.807) is 0 Å². The minimum Gasteiger partial charge on any atom is -0.465 e. The van der Waals surface area contributed by atoms with Crippen molar-refractivity contribution in [3.8, 4) is 0 Å². The maximum absolute atomic E-state index is 5.52. The fourth-order valence-corrected chi connectivity index (χ4v) is 1.73. The van der Waals surface area contributed by atoms with Crippen LogP contribution in [-0.2, 0) is 13.1 Å². The zero-order chi connectivity index (χ0) is 11.5. The van der Waals surface area contributed by atoms with Crippen molar-refractivity contribution in [3.05, 3.63) is 47.3 Å². The molecule has 0 unspecified atom stereocenters. The van der Waals surface area contributed by atoms with Gasteiger partial charge in [0.25, 0.3) is 0 Å². The van der Waals surface area contributed by atoms with Gasteiger partial charge in [-0.2, -0.15) is 0 Å². The van der Waals surface area contributed by atoms with E-state index in [-0.39, 0.29) is 0 Å². The summed E-state index contributed by atoms with van der Waals surface area (Å²) in [4.78, 5) is 2.16. The molecule has 0 radical (unpaired) electrons. The van der Waals surface area contributed by atoms with Crippen molar-refractivity contribution in [1.82, 2.24) is 4.90 Å². The van der Waals surface area contributed by atoms with Gasteiger partial charge in [-0.1, -0.05) is 0 Å². The van der Waals surface area contributed by atoms with Crippen LogP contribution in [0.2, 0.25) is 0 Å². The van der Waals surface area contributed by atoms with Crippen LogP contribution in [0.15, 0.2) is 33.1 Å². The van der Waals surface area contributed by atoms with Crippen LogP contribution in [0.25, 0.3) is 0 Å². The Bertz CT molecular complexity index is 414. The zero-order valence-electron chi connectivity index (χ0n) is 9.99. The van der Waals surface area contributed by atoms with Crippen LogP contribution in [-0.4, -0.2) is 11.9 Å². The fourth-order valence-electron chi connectivity index (χ4n) is 1.73. The van der Waals surface area contributed by atoms with Crippen LogP contribution in [0.4, 0.5) is 0 Å². The Kier molecular flexibility index (Phi) is 3.15. The molecule has 2 rings (SSSR count). The number of nitrogens with zero attached hydrogens (tertiary/aromatic N) is 1. The maximum atomic E-state index is 5.52. The number of furan rings is 2. The van der Waals surface area contributed by atoms with Crippen molar-refractivity contribution >= 4 is 0 Å². The molecule has 86 valence electrons. The summed E-state index contributed by atoms with van der Waals surface area (Å²) in [6, 6.07) is 8.00. The van der Waals surface area contributed by atoms with Crippen LogP contribution in [0.5, 0.6) is 0 Å². The second-order valence-electron chi connectivity index (χ2n) is 4.20. The third kappa shape index (κ3) is 2.76. The molecule has 0 aliphatic rings. The van der Waals surface area contributed by atoms with Gasteiger partial charge in [0.15, 0.2) is 0 Å². The second-order valence-corrected chi connectivity index (χ2v) is 4.20. The van der Waals surface area contributed by atoms with E-state index in [1.165, 1.54) is 0 Å². The first-order chi connectivity index (χ1) is 7.63. The van der Waals surface area contributed by atoms with Gasteiger partial charge >= 0.3 is 0 Å². The van der Waals surface area contributed by atoms with Crippen LogP contribution in [0.3, 0.4) is 0 Å². The van der Waals surface area contributed by atoms with E-state index < -0.39 is 0 Å². The summed E-state index contributed by atoms with van der Waals surface area (Å²) in [5, 5.41) is 0. The lowest BCUT2D eigenvalue weighted by Crippen LogP contribution is -2.16. The van der Waals surface area contributed by atoms with Crippen LogP contribution >= 0.6 is 0 Å². The zero-order valence-corrected chi connectivity index (χ0v) is 9.99. The van der Waals surface area contributed by atoms with E-state index in [1.807, 2.05) is 38.1 Å². The lowest BCUT2D eigenvalue weighted by atomic mass is 10.3. The Balaban J connectivity index is 1.91. The molecule has 0 N–H and O–H groups in total. The molecule has 0 amide bonds. The third-order valence-corrected chi connectivity index (χ3v) is 2.44. The van der Waals surface area contributed by atoms with Crippen LogP contribution < -0.4 is 0 Å². The molecule has 3 heteroatoms. The average Bonchev–Trinajstić information content (AvgIpc) is 2.76. The first-order valence-electron chi connectivity index (χ1n) is 5.42. The molecule has 0 bridgehead atoms. The van der Waals surface area contributed by atoms with Gasteiger partial charge in [0.2, 0.25) is 0 Å². The summed E-state index contributed by atoms with van der Waals surface area (Å²) in [5.74, 6) is 3.89. The third-order valence-electron chi connectivity index (χ3n) is 2.44. The van der Waals surface area contributed by atoms with Crippen molar-refractivity contribution < 1.29 is 8.83 Å². The molecule has 16 heavy (non-hydrogen) atoms. The van der Waals surface area contributed by atoms with E-state index in [2.05, 4.69) is 11.9 Å². The predicted octanol–water partition coefficient (Wildman–Crippen LogP) is 3.12. The molecule has 2 aromatic heterocycles. The van der Waals surface area contributed by atoms with Gasteiger partial charge in [0.1, 0.15) is 23.0 Å². The molecule has 2 aromatic rings. The van der Waals surface area contributed by atoms with Crippen molar-refractivity contribution in [2.45, 2.75) is 26.9 Å². The van der Waals surface area contributed by atoms with Crippen molar-refractivity contribution in [3.63, 3.8) is 0 Å². The Morgan fingerprint density at radius 2 is 1.31 bits per heavy atom. The predicted molar refractivity (Wildman–Crippen MR) is 62.1 cm³/mol. The van der Waals surface area contributed by atoms with Gasteiger partial charge in [-0.05, 0) is 45.2 Å². The SMILES string of the molecule is Cc1ccc(CN(C)Cc2ccc(C)o2)o1. The highest BCUT2D eigenvalue weighted by Gasteiger charge is 2.06. The Morgan fingerprint density at radius 1 is 0.875 bits per heavy atom. The van der Waals surface area contributed by atoms with Gasteiger partial charge < -0.3 is 8.83 Å².